The summed E-state index contributed by atoms with van der Waals surface area (Å²) in [4.78, 5) is 22.1. The lowest BCUT2D eigenvalue weighted by Crippen LogP contribution is -2.55. The molecule has 3 heterocycles. The average molecular weight is 255 g/mol. The van der Waals surface area contributed by atoms with Gasteiger partial charge < -0.3 is 15.0 Å². The van der Waals surface area contributed by atoms with Crippen molar-refractivity contribution in [1.82, 2.24) is 9.97 Å². The first kappa shape index (κ1) is 10.7. The third kappa shape index (κ3) is 1.64. The molecule has 90 valence electrons. The highest BCUT2D eigenvalue weighted by Gasteiger charge is 2.37. The zero-order valence-electron chi connectivity index (χ0n) is 9.23. The van der Waals surface area contributed by atoms with Gasteiger partial charge >= 0.3 is 0 Å². The topological polar surface area (TPSA) is 67.3 Å². The van der Waals surface area contributed by atoms with Crippen molar-refractivity contribution in [2.45, 2.75) is 13.0 Å². The van der Waals surface area contributed by atoms with Gasteiger partial charge in [-0.1, -0.05) is 0 Å². The largest absolute Gasteiger partial charge is 0.377 e. The van der Waals surface area contributed by atoms with Crippen LogP contribution in [0, 0.1) is 6.92 Å². The fourth-order valence-electron chi connectivity index (χ4n) is 2.16. The van der Waals surface area contributed by atoms with Gasteiger partial charge in [-0.3, -0.25) is 4.79 Å². The van der Waals surface area contributed by atoms with Crippen molar-refractivity contribution in [2.24, 2.45) is 0 Å². The van der Waals surface area contributed by atoms with Crippen molar-refractivity contribution < 1.29 is 9.53 Å². The summed E-state index contributed by atoms with van der Waals surface area (Å²) in [5, 5.41) is 3.01. The Balaban J connectivity index is 2.13. The van der Waals surface area contributed by atoms with E-state index >= 15 is 0 Å². The van der Waals surface area contributed by atoms with Crippen LogP contribution in [0.4, 0.5) is 11.5 Å². The predicted octanol–water partition coefficient (Wildman–Crippen LogP) is 0.596. The van der Waals surface area contributed by atoms with E-state index in [1.165, 1.54) is 0 Å². The van der Waals surface area contributed by atoms with Crippen molar-refractivity contribution in [1.29, 1.82) is 0 Å². The van der Waals surface area contributed by atoms with E-state index in [4.69, 9.17) is 16.3 Å². The quantitative estimate of drug-likeness (QED) is 0.687. The Morgan fingerprint density at radius 2 is 2.35 bits per heavy atom. The molecule has 0 aromatic carbocycles. The van der Waals surface area contributed by atoms with Gasteiger partial charge in [-0.05, 0) is 18.5 Å². The molecule has 0 saturated carbocycles. The van der Waals surface area contributed by atoms with Gasteiger partial charge in [0.15, 0.2) is 5.82 Å². The zero-order valence-corrected chi connectivity index (χ0v) is 9.99. The second-order valence-electron chi connectivity index (χ2n) is 4.05. The summed E-state index contributed by atoms with van der Waals surface area (Å²) in [7, 11) is 0. The Bertz CT molecular complexity index is 493. The van der Waals surface area contributed by atoms with Gasteiger partial charge in [0, 0.05) is 6.54 Å². The van der Waals surface area contributed by atoms with Crippen molar-refractivity contribution in [3.05, 3.63) is 11.0 Å². The van der Waals surface area contributed by atoms with Crippen molar-refractivity contribution in [3.63, 3.8) is 0 Å². The van der Waals surface area contributed by atoms with Crippen LogP contribution in [-0.4, -0.2) is 41.7 Å². The molecule has 3 rings (SSSR count). The average Bonchev–Trinajstić information content (AvgIpc) is 2.31. The zero-order chi connectivity index (χ0) is 12.0. The van der Waals surface area contributed by atoms with E-state index in [-0.39, 0.29) is 17.2 Å². The van der Waals surface area contributed by atoms with E-state index in [1.807, 2.05) is 4.90 Å². The summed E-state index contributed by atoms with van der Waals surface area (Å²) in [6.45, 7) is 3.40. The molecule has 7 heteroatoms. The SMILES string of the molecule is Cc1nc(Cl)nc2c1NC(=O)C1COCCN21. The maximum Gasteiger partial charge on any atom is 0.249 e. The molecule has 6 nitrogen and oxygen atoms in total. The second kappa shape index (κ2) is 3.82. The molecule has 1 fully saturated rings. The standard InChI is InChI=1S/C10H11ClN4O2/c1-5-7-8(14-10(11)12-5)15-2-3-17-4-6(15)9(16)13-7/h6H,2-4H2,1H3,(H,13,16). The number of halogens is 1. The minimum Gasteiger partial charge on any atom is -0.377 e. The molecule has 0 aliphatic carbocycles. The van der Waals surface area contributed by atoms with Crippen molar-refractivity contribution >= 4 is 29.0 Å². The number of nitrogens with zero attached hydrogens (tertiary/aromatic N) is 3. The van der Waals surface area contributed by atoms with Crippen LogP contribution < -0.4 is 10.2 Å². The number of fused-ring (bicyclic) bond motifs is 3. The second-order valence-corrected chi connectivity index (χ2v) is 4.39. The number of nitrogens with one attached hydrogen (secondary N) is 1. The van der Waals surface area contributed by atoms with Gasteiger partial charge in [-0.25, -0.2) is 4.98 Å². The highest BCUT2D eigenvalue weighted by atomic mass is 35.5. The Labute approximate surface area is 103 Å². The summed E-state index contributed by atoms with van der Waals surface area (Å²) in [6, 6.07) is -0.318. The Morgan fingerprint density at radius 3 is 3.18 bits per heavy atom. The molecule has 0 radical (unpaired) electrons. The van der Waals surface area contributed by atoms with Gasteiger partial charge in [-0.2, -0.15) is 4.98 Å². The van der Waals surface area contributed by atoms with Crippen LogP contribution in [0.25, 0.3) is 0 Å². The van der Waals surface area contributed by atoms with Crippen molar-refractivity contribution in [3.8, 4) is 0 Å². The number of aryl methyl sites for hydroxylation is 1. The summed E-state index contributed by atoms with van der Waals surface area (Å²) in [5.41, 5.74) is 1.33. The van der Waals surface area contributed by atoms with Crippen LogP contribution in [0.1, 0.15) is 5.69 Å². The molecule has 1 aromatic heterocycles. The van der Waals surface area contributed by atoms with E-state index in [1.54, 1.807) is 6.92 Å². The van der Waals surface area contributed by atoms with Gasteiger partial charge in [0.05, 0.1) is 18.9 Å². The Kier molecular flexibility index (Phi) is 2.41. The molecule has 1 atom stereocenters. The van der Waals surface area contributed by atoms with E-state index < -0.39 is 0 Å². The monoisotopic (exact) mass is 254 g/mol. The predicted molar refractivity (Wildman–Crippen MR) is 62.4 cm³/mol. The lowest BCUT2D eigenvalue weighted by Gasteiger charge is -2.39. The molecule has 0 bridgehead atoms. The molecule has 0 spiro atoms. The van der Waals surface area contributed by atoms with Crippen LogP contribution in [0.15, 0.2) is 0 Å². The normalized spacial score (nSPS) is 22.8. The molecular formula is C10H11ClN4O2. The van der Waals surface area contributed by atoms with Crippen LogP contribution in [-0.2, 0) is 9.53 Å². The van der Waals surface area contributed by atoms with Gasteiger partial charge in [0.25, 0.3) is 0 Å². The molecule has 1 N–H and O–H groups in total. The number of hydrogen-bond donors (Lipinski definition) is 1. The lowest BCUT2D eigenvalue weighted by atomic mass is 10.1. The number of ether oxygens (including phenoxy) is 1. The highest BCUT2D eigenvalue weighted by Crippen LogP contribution is 2.33. The lowest BCUT2D eigenvalue weighted by molar-refractivity contribution is -0.120. The maximum absolute atomic E-state index is 11.9. The first-order valence-electron chi connectivity index (χ1n) is 5.36. The number of aromatic nitrogens is 2. The fraction of sp³-hybridized carbons (Fsp3) is 0.500. The molecule has 2 aliphatic rings. The number of hydrogen-bond acceptors (Lipinski definition) is 5. The minimum absolute atomic E-state index is 0.0776. The molecule has 1 unspecified atom stereocenters. The highest BCUT2D eigenvalue weighted by molar-refractivity contribution is 6.28. The number of amides is 1. The first-order chi connectivity index (χ1) is 8.16. The van der Waals surface area contributed by atoms with Gasteiger partial charge in [-0.15, -0.1) is 0 Å². The minimum atomic E-state index is -0.318. The number of morpholine rings is 1. The summed E-state index contributed by atoms with van der Waals surface area (Å²) >= 11 is 5.86. The molecular weight excluding hydrogens is 244 g/mol. The van der Waals surface area contributed by atoms with Crippen LogP contribution >= 0.6 is 11.6 Å². The van der Waals surface area contributed by atoms with E-state index in [2.05, 4.69) is 15.3 Å². The number of carbonyl (C=O) groups is 1. The van der Waals surface area contributed by atoms with Crippen LogP contribution in [0.5, 0.6) is 0 Å². The maximum atomic E-state index is 11.9. The Morgan fingerprint density at radius 1 is 1.53 bits per heavy atom. The smallest absolute Gasteiger partial charge is 0.249 e. The third-order valence-corrected chi connectivity index (χ3v) is 3.16. The van der Waals surface area contributed by atoms with E-state index in [0.29, 0.717) is 37.0 Å². The molecule has 2 aliphatic heterocycles. The number of rotatable bonds is 0. The third-order valence-electron chi connectivity index (χ3n) is 2.99. The van der Waals surface area contributed by atoms with Crippen molar-refractivity contribution in [2.75, 3.05) is 30.0 Å². The summed E-state index contributed by atoms with van der Waals surface area (Å²) in [5.74, 6) is 0.613. The van der Waals surface area contributed by atoms with Gasteiger partial charge in [0.1, 0.15) is 11.7 Å². The van der Waals surface area contributed by atoms with Crippen LogP contribution in [0.2, 0.25) is 5.28 Å². The molecule has 1 aromatic rings. The molecule has 17 heavy (non-hydrogen) atoms. The fourth-order valence-corrected chi connectivity index (χ4v) is 2.37. The Hall–Kier alpha value is -1.40. The summed E-state index contributed by atoms with van der Waals surface area (Å²) < 4.78 is 5.31. The number of anilines is 2. The van der Waals surface area contributed by atoms with Crippen LogP contribution in [0.3, 0.4) is 0 Å². The molecule has 1 amide bonds. The molecule has 1 saturated heterocycles. The van der Waals surface area contributed by atoms with Gasteiger partial charge in [0.2, 0.25) is 11.2 Å². The summed E-state index contributed by atoms with van der Waals surface area (Å²) in [6.07, 6.45) is 0. The number of carbonyl (C=O) groups excluding carboxylic acids is 1. The first-order valence-corrected chi connectivity index (χ1v) is 5.74. The van der Waals surface area contributed by atoms with E-state index in [0.717, 1.165) is 0 Å². The van der Waals surface area contributed by atoms with E-state index in [9.17, 15) is 4.79 Å².